The van der Waals surface area contributed by atoms with Crippen LogP contribution in [-0.2, 0) is 17.6 Å². The van der Waals surface area contributed by atoms with Crippen LogP contribution in [0, 0.1) is 16.0 Å². The number of H-pyrrole nitrogens is 2. The molecule has 11 heteroatoms. The minimum absolute atomic E-state index is 0.167. The maximum atomic E-state index is 12.5. The van der Waals surface area contributed by atoms with E-state index in [0.29, 0.717) is 21.8 Å². The van der Waals surface area contributed by atoms with Crippen molar-refractivity contribution in [3.8, 4) is 0 Å². The summed E-state index contributed by atoms with van der Waals surface area (Å²) >= 11 is 1.27. The number of thiazole rings is 1. The Morgan fingerprint density at radius 3 is 2.69 bits per heavy atom. The first kappa shape index (κ1) is 16.1. The highest BCUT2D eigenvalue weighted by Gasteiger charge is 2.35. The fourth-order valence-corrected chi connectivity index (χ4v) is 3.75. The summed E-state index contributed by atoms with van der Waals surface area (Å²) < 4.78 is 0. The molecule has 0 saturated heterocycles. The summed E-state index contributed by atoms with van der Waals surface area (Å²) in [6.07, 6.45) is 1.94. The Bertz CT molecular complexity index is 1160. The number of hydrogen-bond donors (Lipinski definition) is 3. The van der Waals surface area contributed by atoms with E-state index in [-0.39, 0.29) is 30.0 Å². The van der Waals surface area contributed by atoms with Crippen molar-refractivity contribution in [2.75, 3.05) is 5.32 Å². The normalized spacial score (nSPS) is 15.8. The Labute approximate surface area is 148 Å². The minimum atomic E-state index is -0.886. The first-order valence-corrected chi connectivity index (χ1v) is 8.48. The molecule has 0 fully saturated rings. The van der Waals surface area contributed by atoms with E-state index in [1.165, 1.54) is 17.4 Å². The molecule has 1 aliphatic carbocycles. The number of carbonyl (C=O) groups is 1. The van der Waals surface area contributed by atoms with Crippen LogP contribution in [0.2, 0.25) is 0 Å². The van der Waals surface area contributed by atoms with E-state index < -0.39 is 22.0 Å². The molecule has 0 radical (unpaired) electrons. The van der Waals surface area contributed by atoms with Gasteiger partial charge in [-0.3, -0.25) is 24.5 Å². The van der Waals surface area contributed by atoms with E-state index in [2.05, 4.69) is 20.3 Å². The van der Waals surface area contributed by atoms with Crippen molar-refractivity contribution >= 4 is 39.1 Å². The lowest BCUT2D eigenvalue weighted by Gasteiger charge is -2.07. The van der Waals surface area contributed by atoms with Crippen molar-refractivity contribution in [2.24, 2.45) is 5.92 Å². The first-order valence-electron chi connectivity index (χ1n) is 7.60. The summed E-state index contributed by atoms with van der Waals surface area (Å²) in [6, 6.07) is 1.21. The number of aromatic amines is 2. The second-order valence-corrected chi connectivity index (χ2v) is 6.77. The van der Waals surface area contributed by atoms with E-state index >= 15 is 0 Å². The third-order valence-electron chi connectivity index (χ3n) is 4.35. The van der Waals surface area contributed by atoms with E-state index in [1.54, 1.807) is 11.6 Å². The molecule has 0 aliphatic heterocycles. The van der Waals surface area contributed by atoms with Crippen LogP contribution in [0.3, 0.4) is 0 Å². The van der Waals surface area contributed by atoms with E-state index in [9.17, 15) is 24.5 Å². The summed E-state index contributed by atoms with van der Waals surface area (Å²) in [6.45, 7) is 0. The van der Waals surface area contributed by atoms with Gasteiger partial charge in [-0.25, -0.2) is 4.98 Å². The van der Waals surface area contributed by atoms with Crippen molar-refractivity contribution in [2.45, 2.75) is 12.8 Å². The number of nitro benzene ring substituents is 1. The molecule has 1 aliphatic rings. The number of nitrogens with zero attached hydrogens (tertiary/aromatic N) is 2. The third kappa shape index (κ3) is 2.58. The predicted molar refractivity (Wildman–Crippen MR) is 93.5 cm³/mol. The molecule has 2 heterocycles. The van der Waals surface area contributed by atoms with Gasteiger partial charge in [0.15, 0.2) is 5.13 Å². The molecule has 10 nitrogen and oxygen atoms in total. The topological polar surface area (TPSA) is 151 Å². The van der Waals surface area contributed by atoms with Crippen molar-refractivity contribution in [1.82, 2.24) is 15.0 Å². The zero-order valence-corrected chi connectivity index (χ0v) is 13.9. The Kier molecular flexibility index (Phi) is 3.65. The average molecular weight is 373 g/mol. The van der Waals surface area contributed by atoms with Crippen LogP contribution in [0.5, 0.6) is 0 Å². The Morgan fingerprint density at radius 1 is 1.27 bits per heavy atom. The lowest BCUT2D eigenvalue weighted by Crippen LogP contribution is -2.29. The monoisotopic (exact) mass is 373 g/mol. The van der Waals surface area contributed by atoms with Crippen LogP contribution in [0.1, 0.15) is 11.1 Å². The van der Waals surface area contributed by atoms with Crippen LogP contribution in [0.15, 0.2) is 27.2 Å². The summed E-state index contributed by atoms with van der Waals surface area (Å²) in [4.78, 5) is 55.3. The minimum Gasteiger partial charge on any atom is -0.316 e. The number of carbonyl (C=O) groups excluding carboxylic acids is 1. The molecule has 3 N–H and O–H groups in total. The molecule has 0 saturated carbocycles. The number of anilines is 1. The van der Waals surface area contributed by atoms with Gasteiger partial charge in [-0.15, -0.1) is 11.3 Å². The fourth-order valence-electron chi connectivity index (χ4n) is 3.21. The largest absolute Gasteiger partial charge is 0.316 e. The average Bonchev–Trinajstić information content (AvgIpc) is 3.24. The smallest absolute Gasteiger partial charge is 0.314 e. The lowest BCUT2D eigenvalue weighted by atomic mass is 10.1. The van der Waals surface area contributed by atoms with Gasteiger partial charge in [0, 0.05) is 29.1 Å². The van der Waals surface area contributed by atoms with Crippen LogP contribution < -0.4 is 16.4 Å². The standard InChI is InChI=1S/C15H11N5O5S/c21-12(19-15-16-1-2-26-15)6-3-7-8(4-6)11-9(5-10(7)20(24)25)17-13(22)14(23)18-11/h1-2,5-6H,3-4H2,(H,17,22)(H,18,23)(H,16,19,21). The number of amides is 1. The zero-order valence-electron chi connectivity index (χ0n) is 13.1. The van der Waals surface area contributed by atoms with Crippen LogP contribution in [0.25, 0.3) is 11.0 Å². The van der Waals surface area contributed by atoms with Gasteiger partial charge in [0.25, 0.3) is 5.69 Å². The second kappa shape index (κ2) is 5.88. The number of nitrogens with one attached hydrogen (secondary N) is 3. The molecule has 1 amide bonds. The van der Waals surface area contributed by atoms with Crippen molar-refractivity contribution in [3.63, 3.8) is 0 Å². The third-order valence-corrected chi connectivity index (χ3v) is 5.04. The number of fused-ring (bicyclic) bond motifs is 3. The Morgan fingerprint density at radius 2 is 2.00 bits per heavy atom. The van der Waals surface area contributed by atoms with Crippen molar-refractivity contribution < 1.29 is 9.72 Å². The molecule has 0 spiro atoms. The number of rotatable bonds is 3. The van der Waals surface area contributed by atoms with Gasteiger partial charge in [0.1, 0.15) is 0 Å². The number of aromatic nitrogens is 3. The van der Waals surface area contributed by atoms with Gasteiger partial charge in [-0.1, -0.05) is 0 Å². The highest BCUT2D eigenvalue weighted by atomic mass is 32.1. The Balaban J connectivity index is 1.79. The molecule has 1 atom stereocenters. The number of nitro groups is 1. The van der Waals surface area contributed by atoms with Crippen molar-refractivity contribution in [1.29, 1.82) is 0 Å². The van der Waals surface area contributed by atoms with Crippen LogP contribution in [-0.4, -0.2) is 25.8 Å². The zero-order chi connectivity index (χ0) is 18.4. The van der Waals surface area contributed by atoms with Gasteiger partial charge in [0.05, 0.1) is 16.0 Å². The van der Waals surface area contributed by atoms with Crippen molar-refractivity contribution in [3.05, 3.63) is 59.6 Å². The highest BCUT2D eigenvalue weighted by Crippen LogP contribution is 2.37. The maximum Gasteiger partial charge on any atom is 0.314 e. The second-order valence-electron chi connectivity index (χ2n) is 5.87. The summed E-state index contributed by atoms with van der Waals surface area (Å²) in [5, 5.41) is 16.3. The van der Waals surface area contributed by atoms with E-state index in [1.807, 2.05) is 0 Å². The molecular formula is C15H11N5O5S. The summed E-state index contributed by atoms with van der Waals surface area (Å²) in [5.74, 6) is -0.834. The summed E-state index contributed by atoms with van der Waals surface area (Å²) in [7, 11) is 0. The maximum absolute atomic E-state index is 12.5. The van der Waals surface area contributed by atoms with Gasteiger partial charge in [0.2, 0.25) is 5.91 Å². The quantitative estimate of drug-likeness (QED) is 0.353. The molecule has 2 aromatic heterocycles. The molecule has 1 aromatic carbocycles. The van der Waals surface area contributed by atoms with E-state index in [4.69, 9.17) is 0 Å². The van der Waals surface area contributed by atoms with Gasteiger partial charge < -0.3 is 15.3 Å². The fraction of sp³-hybridized carbons (Fsp3) is 0.200. The van der Waals surface area contributed by atoms with Gasteiger partial charge in [-0.2, -0.15) is 0 Å². The Hall–Kier alpha value is -3.34. The molecule has 0 bridgehead atoms. The van der Waals surface area contributed by atoms with Crippen LogP contribution >= 0.6 is 11.3 Å². The molecule has 132 valence electrons. The SMILES string of the molecule is O=C(Nc1nccs1)C1Cc2c([N+](=O)[O-])cc3[nH]c(=O)c(=O)[nH]c3c2C1. The van der Waals surface area contributed by atoms with Gasteiger partial charge >= 0.3 is 11.1 Å². The molecular weight excluding hydrogens is 362 g/mol. The highest BCUT2D eigenvalue weighted by molar-refractivity contribution is 7.13. The number of hydrogen-bond acceptors (Lipinski definition) is 7. The van der Waals surface area contributed by atoms with Gasteiger partial charge in [-0.05, 0) is 18.4 Å². The molecule has 4 rings (SSSR count). The summed E-state index contributed by atoms with van der Waals surface area (Å²) in [5.41, 5.74) is -0.529. The molecule has 26 heavy (non-hydrogen) atoms. The first-order chi connectivity index (χ1) is 12.4. The predicted octanol–water partition coefficient (Wildman–Crippen LogP) is 0.935. The molecule has 3 aromatic rings. The van der Waals surface area contributed by atoms with Crippen LogP contribution in [0.4, 0.5) is 10.8 Å². The number of benzene rings is 1. The lowest BCUT2D eigenvalue weighted by molar-refractivity contribution is -0.385. The van der Waals surface area contributed by atoms with E-state index in [0.717, 1.165) is 0 Å². The molecule has 1 unspecified atom stereocenters.